The minimum atomic E-state index is -0.392. The molecular formula is C19H28O4. The third-order valence-electron chi connectivity index (χ3n) is 3.30. The van der Waals surface area contributed by atoms with Crippen LogP contribution < -0.4 is 0 Å². The van der Waals surface area contributed by atoms with E-state index in [1.54, 1.807) is 30.4 Å². The van der Waals surface area contributed by atoms with Crippen LogP contribution in [0, 0.1) is 5.92 Å². The molecule has 0 aliphatic carbocycles. The lowest BCUT2D eigenvalue weighted by Gasteiger charge is -2.07. The summed E-state index contributed by atoms with van der Waals surface area (Å²) in [6, 6.07) is 0. The van der Waals surface area contributed by atoms with E-state index >= 15 is 0 Å². The maximum atomic E-state index is 11.7. The molecule has 0 saturated heterocycles. The summed E-state index contributed by atoms with van der Waals surface area (Å²) in [4.78, 5) is 34.0. The summed E-state index contributed by atoms with van der Waals surface area (Å²) in [7, 11) is 1.30. The second-order valence-electron chi connectivity index (χ2n) is 5.56. The Morgan fingerprint density at radius 1 is 0.957 bits per heavy atom. The van der Waals surface area contributed by atoms with Crippen LogP contribution in [-0.2, 0) is 19.1 Å². The second-order valence-corrected chi connectivity index (χ2v) is 5.56. The van der Waals surface area contributed by atoms with E-state index in [9.17, 15) is 14.4 Å². The molecule has 1 unspecified atom stereocenters. The predicted molar refractivity (Wildman–Crippen MR) is 92.0 cm³/mol. The molecule has 1 atom stereocenters. The third kappa shape index (κ3) is 13.4. The Morgan fingerprint density at radius 2 is 1.57 bits per heavy atom. The highest BCUT2D eigenvalue weighted by molar-refractivity contribution is 5.92. The molecule has 4 nitrogen and oxygen atoms in total. The van der Waals surface area contributed by atoms with Crippen molar-refractivity contribution in [1.29, 1.82) is 0 Å². The topological polar surface area (TPSA) is 60.4 Å². The van der Waals surface area contributed by atoms with Gasteiger partial charge in [0.25, 0.3) is 0 Å². The van der Waals surface area contributed by atoms with Crippen molar-refractivity contribution < 1.29 is 19.1 Å². The number of allylic oxidation sites excluding steroid dienone is 6. The van der Waals surface area contributed by atoms with Crippen LogP contribution in [0.3, 0.4) is 0 Å². The molecule has 0 fully saturated rings. The number of hydrogen-bond acceptors (Lipinski definition) is 4. The molecule has 0 aliphatic rings. The van der Waals surface area contributed by atoms with Gasteiger partial charge in [-0.25, -0.2) is 0 Å². The first-order chi connectivity index (χ1) is 11.0. The summed E-state index contributed by atoms with van der Waals surface area (Å²) in [6.45, 7) is 4.24. The molecule has 0 rings (SSSR count). The SMILES string of the molecule is CCCCC(C)CC(=O)C=CC=CC=CC(=O)CCC(=O)OC. The quantitative estimate of drug-likeness (QED) is 0.310. The van der Waals surface area contributed by atoms with Crippen molar-refractivity contribution in [1.82, 2.24) is 0 Å². The van der Waals surface area contributed by atoms with Gasteiger partial charge in [0.1, 0.15) is 0 Å². The number of ether oxygens (including phenoxy) is 1. The summed E-state index contributed by atoms with van der Waals surface area (Å²) in [5.41, 5.74) is 0. The Balaban J connectivity index is 3.99. The second kappa shape index (κ2) is 13.7. The smallest absolute Gasteiger partial charge is 0.305 e. The largest absolute Gasteiger partial charge is 0.469 e. The van der Waals surface area contributed by atoms with E-state index in [4.69, 9.17) is 0 Å². The molecule has 23 heavy (non-hydrogen) atoms. The third-order valence-corrected chi connectivity index (χ3v) is 3.30. The normalized spacial score (nSPS) is 13.0. The zero-order chi connectivity index (χ0) is 17.5. The summed E-state index contributed by atoms with van der Waals surface area (Å²) < 4.78 is 4.46. The van der Waals surface area contributed by atoms with E-state index in [1.807, 2.05) is 0 Å². The molecule has 0 bridgehead atoms. The summed E-state index contributed by atoms with van der Waals surface area (Å²) >= 11 is 0. The first-order valence-corrected chi connectivity index (χ1v) is 8.13. The molecule has 0 N–H and O–H groups in total. The lowest BCUT2D eigenvalue weighted by molar-refractivity contribution is -0.141. The Bertz CT molecular complexity index is 458. The fourth-order valence-corrected chi connectivity index (χ4v) is 1.93. The van der Waals surface area contributed by atoms with Crippen LogP contribution in [0.5, 0.6) is 0 Å². The fraction of sp³-hybridized carbons (Fsp3) is 0.526. The van der Waals surface area contributed by atoms with Gasteiger partial charge in [0.2, 0.25) is 0 Å². The van der Waals surface area contributed by atoms with Crippen molar-refractivity contribution in [3.63, 3.8) is 0 Å². The molecular weight excluding hydrogens is 292 g/mol. The number of methoxy groups -OCH3 is 1. The minimum absolute atomic E-state index is 0.0913. The minimum Gasteiger partial charge on any atom is -0.469 e. The molecule has 0 aliphatic heterocycles. The lowest BCUT2D eigenvalue weighted by atomic mass is 9.98. The molecule has 4 heteroatoms. The van der Waals surface area contributed by atoms with Crippen molar-refractivity contribution in [3.05, 3.63) is 36.5 Å². The Hall–Kier alpha value is -1.97. The van der Waals surface area contributed by atoms with Crippen molar-refractivity contribution in [2.45, 2.75) is 52.4 Å². The van der Waals surface area contributed by atoms with Crippen molar-refractivity contribution in [2.75, 3.05) is 7.11 Å². The van der Waals surface area contributed by atoms with E-state index in [1.165, 1.54) is 13.2 Å². The van der Waals surface area contributed by atoms with E-state index in [-0.39, 0.29) is 24.4 Å². The number of unbranched alkanes of at least 4 members (excludes halogenated alkanes) is 1. The van der Waals surface area contributed by atoms with Gasteiger partial charge in [-0.2, -0.15) is 0 Å². The Kier molecular flexibility index (Phi) is 12.5. The van der Waals surface area contributed by atoms with E-state index in [0.29, 0.717) is 12.3 Å². The average molecular weight is 320 g/mol. The van der Waals surface area contributed by atoms with Crippen LogP contribution in [0.15, 0.2) is 36.5 Å². The van der Waals surface area contributed by atoms with E-state index < -0.39 is 5.97 Å². The highest BCUT2D eigenvalue weighted by atomic mass is 16.5. The Labute approximate surface area is 139 Å². The van der Waals surface area contributed by atoms with Crippen LogP contribution in [0.2, 0.25) is 0 Å². The molecule has 0 radical (unpaired) electrons. The molecule has 0 aromatic heterocycles. The molecule has 0 aromatic carbocycles. The van der Waals surface area contributed by atoms with Gasteiger partial charge >= 0.3 is 5.97 Å². The van der Waals surface area contributed by atoms with E-state index in [2.05, 4.69) is 18.6 Å². The molecule has 0 heterocycles. The number of ketones is 2. The van der Waals surface area contributed by atoms with Gasteiger partial charge in [-0.1, -0.05) is 57.4 Å². The zero-order valence-corrected chi connectivity index (χ0v) is 14.4. The van der Waals surface area contributed by atoms with Crippen LogP contribution in [0.1, 0.15) is 52.4 Å². The van der Waals surface area contributed by atoms with Crippen LogP contribution in [0.25, 0.3) is 0 Å². The zero-order valence-electron chi connectivity index (χ0n) is 14.4. The van der Waals surface area contributed by atoms with Crippen molar-refractivity contribution >= 4 is 17.5 Å². The number of rotatable bonds is 12. The van der Waals surface area contributed by atoms with Gasteiger partial charge < -0.3 is 4.74 Å². The number of carbonyl (C=O) groups excluding carboxylic acids is 3. The van der Waals surface area contributed by atoms with Gasteiger partial charge in [-0.3, -0.25) is 14.4 Å². The first kappa shape index (κ1) is 21.0. The van der Waals surface area contributed by atoms with Gasteiger partial charge in [0, 0.05) is 12.8 Å². The molecule has 0 saturated carbocycles. The maximum absolute atomic E-state index is 11.7. The van der Waals surface area contributed by atoms with Gasteiger partial charge in [-0.05, 0) is 18.1 Å². The maximum Gasteiger partial charge on any atom is 0.305 e. The van der Waals surface area contributed by atoms with Crippen molar-refractivity contribution in [3.8, 4) is 0 Å². The molecule has 0 aromatic rings. The Morgan fingerprint density at radius 3 is 2.13 bits per heavy atom. The molecule has 128 valence electrons. The van der Waals surface area contributed by atoms with Gasteiger partial charge in [0.05, 0.1) is 13.5 Å². The average Bonchev–Trinajstić information content (AvgIpc) is 2.53. The van der Waals surface area contributed by atoms with Crippen LogP contribution >= 0.6 is 0 Å². The monoisotopic (exact) mass is 320 g/mol. The lowest BCUT2D eigenvalue weighted by Crippen LogP contribution is -2.03. The summed E-state index contributed by atoms with van der Waals surface area (Å²) in [5.74, 6) is 0.0153. The van der Waals surface area contributed by atoms with Gasteiger partial charge in [-0.15, -0.1) is 0 Å². The van der Waals surface area contributed by atoms with E-state index in [0.717, 1.165) is 19.3 Å². The molecule has 0 spiro atoms. The highest BCUT2D eigenvalue weighted by Crippen LogP contribution is 2.12. The summed E-state index contributed by atoms with van der Waals surface area (Å²) in [6.07, 6.45) is 13.8. The van der Waals surface area contributed by atoms with Crippen LogP contribution in [-0.4, -0.2) is 24.6 Å². The number of hydrogen-bond donors (Lipinski definition) is 0. The summed E-state index contributed by atoms with van der Waals surface area (Å²) in [5, 5.41) is 0. The predicted octanol–water partition coefficient (Wildman–Crippen LogP) is 3.96. The first-order valence-electron chi connectivity index (χ1n) is 8.13. The number of carbonyl (C=O) groups is 3. The fourth-order valence-electron chi connectivity index (χ4n) is 1.93. The van der Waals surface area contributed by atoms with Gasteiger partial charge in [0.15, 0.2) is 11.6 Å². The van der Waals surface area contributed by atoms with Crippen molar-refractivity contribution in [2.24, 2.45) is 5.92 Å². The highest BCUT2D eigenvalue weighted by Gasteiger charge is 2.05. The standard InChI is InChI=1S/C19H28O4/c1-4-5-10-16(2)15-18(21)12-9-7-6-8-11-17(20)13-14-19(22)23-3/h6-9,11-12,16H,4-5,10,13-15H2,1-3H3. The molecule has 0 amide bonds. The van der Waals surface area contributed by atoms with Crippen LogP contribution in [0.4, 0.5) is 0 Å². The number of esters is 1.